The molecule has 0 N–H and O–H groups in total. The van der Waals surface area contributed by atoms with Crippen LogP contribution in [0.2, 0.25) is 0 Å². The summed E-state index contributed by atoms with van der Waals surface area (Å²) in [7, 11) is 0. The molecule has 10 heteroatoms. The van der Waals surface area contributed by atoms with E-state index in [-0.39, 0.29) is 0 Å². The Labute approximate surface area is 279 Å². The molecule has 4 amide bonds. The maximum atomic E-state index is 12.6. The zero-order chi connectivity index (χ0) is 34.2. The highest BCUT2D eigenvalue weighted by atomic mass is 16.6. The molecule has 10 nitrogen and oxygen atoms in total. The molecule has 4 aromatic carbocycles. The van der Waals surface area contributed by atoms with Gasteiger partial charge in [0.15, 0.2) is 12.2 Å². The van der Waals surface area contributed by atoms with Gasteiger partial charge in [0, 0.05) is 0 Å². The molecule has 6 atom stereocenters. The highest BCUT2D eigenvalue weighted by Gasteiger charge is 2.46. The predicted molar refractivity (Wildman–Crippen MR) is 177 cm³/mol. The van der Waals surface area contributed by atoms with Gasteiger partial charge in [0.2, 0.25) is 0 Å². The van der Waals surface area contributed by atoms with Crippen LogP contribution >= 0.6 is 0 Å². The molecular weight excluding hydrogens is 612 g/mol. The van der Waals surface area contributed by atoms with Crippen LogP contribution in [-0.4, -0.2) is 58.1 Å². The van der Waals surface area contributed by atoms with Crippen molar-refractivity contribution in [3.63, 3.8) is 0 Å². The molecule has 0 aromatic heterocycles. The molecule has 0 aliphatic carbocycles. The number of carbonyl (C=O) groups excluding carboxylic acids is 4. The summed E-state index contributed by atoms with van der Waals surface area (Å²) in [5.74, 6) is 0.348. The summed E-state index contributed by atoms with van der Waals surface area (Å²) in [6.07, 6.45) is -3.76. The van der Waals surface area contributed by atoms with Gasteiger partial charge in [-0.3, -0.25) is 9.59 Å². The van der Waals surface area contributed by atoms with Crippen LogP contribution in [0.1, 0.15) is 51.0 Å². The van der Waals surface area contributed by atoms with Crippen LogP contribution in [-0.2, 0) is 19.1 Å². The Morgan fingerprint density at radius 2 is 0.833 bits per heavy atom. The molecule has 0 unspecified atom stereocenters. The van der Waals surface area contributed by atoms with Gasteiger partial charge in [-0.15, -0.1) is 0 Å². The van der Waals surface area contributed by atoms with E-state index in [1.165, 1.54) is 0 Å². The third-order valence-electron chi connectivity index (χ3n) is 8.08. The SMILES string of the molecule is C[C@H](Oc1ccccc1)C(=O)N1C(=O)O[C@@H](c2ccccc2)[C@H]1C.C[C@H](Oc1ccccc1)C(=O)N1C(=O)O[C@@H](c2ccccc2)[C@H]1C. The fourth-order valence-electron chi connectivity index (χ4n) is 5.59. The molecule has 0 spiro atoms. The summed E-state index contributed by atoms with van der Waals surface area (Å²) in [5.41, 5.74) is 1.73. The van der Waals surface area contributed by atoms with E-state index in [0.29, 0.717) is 11.5 Å². The number of hydrogen-bond acceptors (Lipinski definition) is 8. The molecule has 0 bridgehead atoms. The fourth-order valence-corrected chi connectivity index (χ4v) is 5.59. The van der Waals surface area contributed by atoms with E-state index in [9.17, 15) is 19.2 Å². The number of hydrogen-bond donors (Lipinski definition) is 0. The van der Waals surface area contributed by atoms with Gasteiger partial charge in [-0.1, -0.05) is 97.1 Å². The molecule has 4 aromatic rings. The van der Waals surface area contributed by atoms with E-state index in [1.807, 2.05) is 97.1 Å². The molecule has 6 rings (SSSR count). The van der Waals surface area contributed by atoms with E-state index in [1.54, 1.807) is 52.0 Å². The van der Waals surface area contributed by atoms with E-state index in [4.69, 9.17) is 18.9 Å². The third kappa shape index (κ3) is 7.66. The lowest BCUT2D eigenvalue weighted by Gasteiger charge is -2.23. The summed E-state index contributed by atoms with van der Waals surface area (Å²) < 4.78 is 22.1. The van der Waals surface area contributed by atoms with Crippen molar-refractivity contribution in [3.05, 3.63) is 132 Å². The minimum absolute atomic E-state index is 0.394. The number of para-hydroxylation sites is 2. The second kappa shape index (κ2) is 15.3. The maximum Gasteiger partial charge on any atom is 0.417 e. The summed E-state index contributed by atoms with van der Waals surface area (Å²) in [5, 5.41) is 0. The normalized spacial score (nSPS) is 21.2. The lowest BCUT2D eigenvalue weighted by atomic mass is 10.0. The zero-order valence-electron chi connectivity index (χ0n) is 27.2. The molecule has 48 heavy (non-hydrogen) atoms. The van der Waals surface area contributed by atoms with Crippen molar-refractivity contribution in [3.8, 4) is 11.5 Å². The van der Waals surface area contributed by atoms with Crippen LogP contribution in [0.4, 0.5) is 9.59 Å². The highest BCUT2D eigenvalue weighted by Crippen LogP contribution is 2.34. The largest absolute Gasteiger partial charge is 0.481 e. The number of ether oxygens (including phenoxy) is 4. The van der Waals surface area contributed by atoms with Gasteiger partial charge in [0.05, 0.1) is 12.1 Å². The van der Waals surface area contributed by atoms with Gasteiger partial charge in [0.1, 0.15) is 23.7 Å². The van der Waals surface area contributed by atoms with Crippen LogP contribution in [0.5, 0.6) is 11.5 Å². The van der Waals surface area contributed by atoms with E-state index in [0.717, 1.165) is 20.9 Å². The number of rotatable bonds is 8. The summed E-state index contributed by atoms with van der Waals surface area (Å²) in [4.78, 5) is 52.0. The number of benzene rings is 4. The van der Waals surface area contributed by atoms with Crippen LogP contribution in [0.15, 0.2) is 121 Å². The van der Waals surface area contributed by atoms with Gasteiger partial charge in [-0.05, 0) is 63.1 Å². The van der Waals surface area contributed by atoms with Crippen LogP contribution < -0.4 is 9.47 Å². The van der Waals surface area contributed by atoms with Crippen molar-refractivity contribution >= 4 is 24.0 Å². The number of amides is 4. The first kappa shape index (κ1) is 33.7. The average Bonchev–Trinajstić information content (AvgIpc) is 3.58. The van der Waals surface area contributed by atoms with Crippen molar-refractivity contribution in [1.29, 1.82) is 0 Å². The second-order valence-corrected chi connectivity index (χ2v) is 11.5. The van der Waals surface area contributed by atoms with Crippen molar-refractivity contribution in [1.82, 2.24) is 9.80 Å². The molecule has 2 saturated heterocycles. The first-order valence-corrected chi connectivity index (χ1v) is 15.8. The highest BCUT2D eigenvalue weighted by molar-refractivity contribution is 5.97. The van der Waals surface area contributed by atoms with Crippen molar-refractivity contribution in [2.45, 2.75) is 64.2 Å². The first-order valence-electron chi connectivity index (χ1n) is 15.8. The topological polar surface area (TPSA) is 112 Å². The molecule has 2 fully saturated rings. The third-order valence-corrected chi connectivity index (χ3v) is 8.08. The Morgan fingerprint density at radius 3 is 1.15 bits per heavy atom. The van der Waals surface area contributed by atoms with Crippen molar-refractivity contribution < 1.29 is 38.1 Å². The Kier molecular flexibility index (Phi) is 10.7. The molecule has 0 radical (unpaired) electrons. The van der Waals surface area contributed by atoms with Gasteiger partial charge >= 0.3 is 12.2 Å². The van der Waals surface area contributed by atoms with Crippen molar-refractivity contribution in [2.75, 3.05) is 0 Å². The van der Waals surface area contributed by atoms with Gasteiger partial charge in [-0.25, -0.2) is 19.4 Å². The molecule has 0 saturated carbocycles. The number of cyclic esters (lactones) is 2. The van der Waals surface area contributed by atoms with E-state index >= 15 is 0 Å². The van der Waals surface area contributed by atoms with Crippen LogP contribution in [0.3, 0.4) is 0 Å². The summed E-state index contributed by atoms with van der Waals surface area (Å²) in [6, 6.07) is 36.1. The molecule has 248 valence electrons. The summed E-state index contributed by atoms with van der Waals surface area (Å²) in [6.45, 7) is 6.86. The Morgan fingerprint density at radius 1 is 0.542 bits per heavy atom. The Bertz CT molecular complexity index is 1560. The molecular formula is C38H38N2O8. The smallest absolute Gasteiger partial charge is 0.417 e. The Hall–Kier alpha value is -5.64. The average molecular weight is 651 g/mol. The predicted octanol–water partition coefficient (Wildman–Crippen LogP) is 7.13. The first-order chi connectivity index (χ1) is 23.2. The van der Waals surface area contributed by atoms with Gasteiger partial charge in [0.25, 0.3) is 11.8 Å². The lowest BCUT2D eigenvalue weighted by molar-refractivity contribution is -0.136. The maximum absolute atomic E-state index is 12.6. The second-order valence-electron chi connectivity index (χ2n) is 11.5. The van der Waals surface area contributed by atoms with Crippen LogP contribution in [0.25, 0.3) is 0 Å². The number of nitrogens with zero attached hydrogens (tertiary/aromatic N) is 2. The van der Waals surface area contributed by atoms with Crippen LogP contribution in [0, 0.1) is 0 Å². The van der Waals surface area contributed by atoms with Crippen molar-refractivity contribution in [2.24, 2.45) is 0 Å². The van der Waals surface area contributed by atoms with Gasteiger partial charge < -0.3 is 18.9 Å². The molecule has 2 aliphatic rings. The fraction of sp³-hybridized carbons (Fsp3) is 0.263. The lowest BCUT2D eigenvalue weighted by Crippen LogP contribution is -2.44. The molecule has 2 aliphatic heterocycles. The summed E-state index contributed by atoms with van der Waals surface area (Å²) >= 11 is 0. The zero-order valence-corrected chi connectivity index (χ0v) is 27.2. The minimum atomic E-state index is -0.781. The van der Waals surface area contributed by atoms with E-state index < -0.39 is 60.5 Å². The van der Waals surface area contributed by atoms with E-state index in [2.05, 4.69) is 0 Å². The number of imide groups is 2. The monoisotopic (exact) mass is 650 g/mol. The minimum Gasteiger partial charge on any atom is -0.481 e. The quantitative estimate of drug-likeness (QED) is 0.198. The number of carbonyl (C=O) groups is 4. The van der Waals surface area contributed by atoms with Gasteiger partial charge in [-0.2, -0.15) is 0 Å². The standard InChI is InChI=1S/2C19H19NO4/c2*1-13-17(15-9-5-3-6-10-15)24-19(22)20(13)18(21)14(2)23-16-11-7-4-8-12-16/h2*3-14,17H,1-2H3/t2*13-,14+,17-/m11/s1. The Balaban J connectivity index is 0.000000188. The molecule has 2 heterocycles.